The molecule has 2 aliphatic carbocycles. The Balaban J connectivity index is 1.36. The maximum Gasteiger partial charge on any atom is 0.433 e. The van der Waals surface area contributed by atoms with E-state index in [0.29, 0.717) is 43.4 Å². The molecule has 1 saturated carbocycles. The zero-order chi connectivity index (χ0) is 24.5. The number of aryl methyl sites for hydroxylation is 2. The van der Waals surface area contributed by atoms with E-state index in [4.69, 9.17) is 0 Å². The standard InChI is InChI=1S/C24H25F6N3O/c25-23(26,27)20-12-19(13-21(33-20)24(28,29)30)31-17-7-9-18(10-8-17)32-22(34)16-6-5-14-3-1-2-4-15(14)11-16/h5-6,11-13,17-18H,1-4,7-10H2,(H,31,33)(H,32,34). The number of carbonyl (C=O) groups is 1. The lowest BCUT2D eigenvalue weighted by atomic mass is 9.89. The minimum absolute atomic E-state index is 0.101. The summed E-state index contributed by atoms with van der Waals surface area (Å²) in [6.07, 6.45) is -3.58. The van der Waals surface area contributed by atoms with Gasteiger partial charge in [-0.2, -0.15) is 26.3 Å². The fourth-order valence-electron chi connectivity index (χ4n) is 4.67. The summed E-state index contributed by atoms with van der Waals surface area (Å²) in [5.41, 5.74) is -0.339. The van der Waals surface area contributed by atoms with Crippen molar-refractivity contribution in [3.8, 4) is 0 Å². The lowest BCUT2D eigenvalue weighted by Crippen LogP contribution is -2.40. The average molecular weight is 485 g/mol. The van der Waals surface area contributed by atoms with Gasteiger partial charge in [0.2, 0.25) is 0 Å². The number of alkyl halides is 6. The molecule has 1 amide bonds. The lowest BCUT2D eigenvalue weighted by Gasteiger charge is -2.30. The summed E-state index contributed by atoms with van der Waals surface area (Å²) in [5.74, 6) is -0.163. The molecule has 2 aromatic rings. The zero-order valence-electron chi connectivity index (χ0n) is 18.3. The van der Waals surface area contributed by atoms with Crippen molar-refractivity contribution in [1.82, 2.24) is 10.3 Å². The van der Waals surface area contributed by atoms with Crippen molar-refractivity contribution < 1.29 is 31.1 Å². The topological polar surface area (TPSA) is 54.0 Å². The van der Waals surface area contributed by atoms with E-state index in [1.54, 1.807) is 0 Å². The molecule has 1 heterocycles. The number of nitrogens with zero attached hydrogens (tertiary/aromatic N) is 1. The summed E-state index contributed by atoms with van der Waals surface area (Å²) in [7, 11) is 0. The predicted molar refractivity (Wildman–Crippen MR) is 114 cm³/mol. The Morgan fingerprint density at radius 2 is 1.35 bits per heavy atom. The largest absolute Gasteiger partial charge is 0.433 e. The average Bonchev–Trinajstić information content (AvgIpc) is 2.78. The highest BCUT2D eigenvalue weighted by molar-refractivity contribution is 5.94. The first-order valence-electron chi connectivity index (χ1n) is 11.3. The van der Waals surface area contributed by atoms with Crippen LogP contribution in [0.25, 0.3) is 0 Å². The number of pyridine rings is 1. The number of amides is 1. The third kappa shape index (κ3) is 5.82. The van der Waals surface area contributed by atoms with Gasteiger partial charge in [-0.05, 0) is 86.8 Å². The first-order valence-corrected chi connectivity index (χ1v) is 11.3. The summed E-state index contributed by atoms with van der Waals surface area (Å²) >= 11 is 0. The summed E-state index contributed by atoms with van der Waals surface area (Å²) in [5, 5.41) is 5.80. The van der Waals surface area contributed by atoms with E-state index in [0.717, 1.165) is 25.7 Å². The normalized spacial score (nSPS) is 21.0. The molecular formula is C24H25F6N3O. The quantitative estimate of drug-likeness (QED) is 0.511. The van der Waals surface area contributed by atoms with E-state index in [1.807, 2.05) is 18.2 Å². The third-order valence-corrected chi connectivity index (χ3v) is 6.45. The molecule has 0 saturated heterocycles. The summed E-state index contributed by atoms with van der Waals surface area (Å²) in [6, 6.07) is 6.56. The SMILES string of the molecule is O=C(NC1CCC(Nc2cc(C(F)(F)F)nc(C(F)(F)F)c2)CC1)c1ccc2c(c1)CCCC2. The first-order chi connectivity index (χ1) is 16.0. The van der Waals surface area contributed by atoms with Crippen LogP contribution in [0, 0.1) is 0 Å². The van der Waals surface area contributed by atoms with Gasteiger partial charge >= 0.3 is 12.4 Å². The van der Waals surface area contributed by atoms with Crippen LogP contribution in [0.2, 0.25) is 0 Å². The number of fused-ring (bicyclic) bond motifs is 1. The fraction of sp³-hybridized carbons (Fsp3) is 0.500. The monoisotopic (exact) mass is 485 g/mol. The second-order valence-corrected chi connectivity index (χ2v) is 8.98. The molecule has 0 spiro atoms. The molecule has 184 valence electrons. The maximum absolute atomic E-state index is 13.0. The van der Waals surface area contributed by atoms with Gasteiger partial charge in [-0.25, -0.2) is 4.98 Å². The van der Waals surface area contributed by atoms with Crippen LogP contribution in [-0.4, -0.2) is 23.0 Å². The predicted octanol–water partition coefficient (Wildman–Crippen LogP) is 6.15. The van der Waals surface area contributed by atoms with Gasteiger partial charge in [0, 0.05) is 23.3 Å². The van der Waals surface area contributed by atoms with Crippen LogP contribution in [-0.2, 0) is 25.2 Å². The maximum atomic E-state index is 13.0. The number of anilines is 1. The fourth-order valence-corrected chi connectivity index (χ4v) is 4.67. The number of aromatic nitrogens is 1. The van der Waals surface area contributed by atoms with Crippen molar-refractivity contribution in [2.45, 2.75) is 75.8 Å². The van der Waals surface area contributed by atoms with Crippen LogP contribution in [0.5, 0.6) is 0 Å². The van der Waals surface area contributed by atoms with Gasteiger partial charge < -0.3 is 10.6 Å². The van der Waals surface area contributed by atoms with E-state index in [2.05, 4.69) is 15.6 Å². The first kappa shape index (κ1) is 24.3. The smallest absolute Gasteiger partial charge is 0.382 e. The highest BCUT2D eigenvalue weighted by Gasteiger charge is 2.39. The van der Waals surface area contributed by atoms with Gasteiger partial charge in [-0.3, -0.25) is 4.79 Å². The van der Waals surface area contributed by atoms with Gasteiger partial charge in [0.1, 0.15) is 11.4 Å². The van der Waals surface area contributed by atoms with Gasteiger partial charge in [0.15, 0.2) is 0 Å². The lowest BCUT2D eigenvalue weighted by molar-refractivity contribution is -0.150. The van der Waals surface area contributed by atoms with Crippen molar-refractivity contribution in [2.24, 2.45) is 0 Å². The minimum atomic E-state index is -4.99. The molecule has 0 atom stereocenters. The molecule has 34 heavy (non-hydrogen) atoms. The van der Waals surface area contributed by atoms with Gasteiger partial charge in [-0.15, -0.1) is 0 Å². The van der Waals surface area contributed by atoms with Gasteiger partial charge in [0.05, 0.1) is 0 Å². The molecule has 1 aromatic carbocycles. The van der Waals surface area contributed by atoms with E-state index in [-0.39, 0.29) is 23.7 Å². The molecule has 10 heteroatoms. The number of benzene rings is 1. The Labute approximate surface area is 193 Å². The van der Waals surface area contributed by atoms with Crippen molar-refractivity contribution in [3.63, 3.8) is 0 Å². The molecule has 0 radical (unpaired) electrons. The van der Waals surface area contributed by atoms with Crippen molar-refractivity contribution in [2.75, 3.05) is 5.32 Å². The Morgan fingerprint density at radius 3 is 1.94 bits per heavy atom. The molecule has 0 unspecified atom stereocenters. The van der Waals surface area contributed by atoms with E-state index < -0.39 is 23.7 Å². The highest BCUT2D eigenvalue weighted by Crippen LogP contribution is 2.35. The second kappa shape index (κ2) is 9.46. The number of hydrogen-bond acceptors (Lipinski definition) is 3. The van der Waals surface area contributed by atoms with Crippen LogP contribution >= 0.6 is 0 Å². The molecule has 1 aromatic heterocycles. The van der Waals surface area contributed by atoms with Crippen LogP contribution in [0.15, 0.2) is 30.3 Å². The highest BCUT2D eigenvalue weighted by atomic mass is 19.4. The van der Waals surface area contributed by atoms with Crippen molar-refractivity contribution >= 4 is 11.6 Å². The van der Waals surface area contributed by atoms with E-state index >= 15 is 0 Å². The molecule has 2 N–H and O–H groups in total. The zero-order valence-corrected chi connectivity index (χ0v) is 18.3. The Morgan fingerprint density at radius 1 is 0.794 bits per heavy atom. The Kier molecular flexibility index (Phi) is 6.78. The molecule has 0 aliphatic heterocycles. The third-order valence-electron chi connectivity index (χ3n) is 6.45. The number of halogens is 6. The molecule has 2 aliphatic rings. The minimum Gasteiger partial charge on any atom is -0.382 e. The Bertz CT molecular complexity index is 1010. The van der Waals surface area contributed by atoms with Crippen LogP contribution in [0.4, 0.5) is 32.0 Å². The van der Waals surface area contributed by atoms with Gasteiger partial charge in [-0.1, -0.05) is 6.07 Å². The molecule has 4 nitrogen and oxygen atoms in total. The van der Waals surface area contributed by atoms with Crippen molar-refractivity contribution in [1.29, 1.82) is 0 Å². The second-order valence-electron chi connectivity index (χ2n) is 8.98. The van der Waals surface area contributed by atoms with Gasteiger partial charge in [0.25, 0.3) is 5.91 Å². The van der Waals surface area contributed by atoms with E-state index in [1.165, 1.54) is 11.1 Å². The van der Waals surface area contributed by atoms with Crippen LogP contribution in [0.1, 0.15) is 71.4 Å². The summed E-state index contributed by atoms with van der Waals surface area (Å²) in [6.45, 7) is 0. The number of hydrogen-bond donors (Lipinski definition) is 2. The molecule has 0 bridgehead atoms. The molecular weight excluding hydrogens is 460 g/mol. The summed E-state index contributed by atoms with van der Waals surface area (Å²) in [4.78, 5) is 15.4. The number of carbonyl (C=O) groups excluding carboxylic acids is 1. The molecule has 4 rings (SSSR count). The van der Waals surface area contributed by atoms with Crippen molar-refractivity contribution in [3.05, 3.63) is 58.4 Å². The number of rotatable bonds is 4. The summed E-state index contributed by atoms with van der Waals surface area (Å²) < 4.78 is 78.1. The van der Waals surface area contributed by atoms with Crippen LogP contribution < -0.4 is 10.6 Å². The van der Waals surface area contributed by atoms with E-state index in [9.17, 15) is 31.1 Å². The Hall–Kier alpha value is -2.78. The molecule has 1 fully saturated rings. The van der Waals surface area contributed by atoms with Crippen LogP contribution in [0.3, 0.4) is 0 Å². The number of nitrogens with one attached hydrogen (secondary N) is 2.